The number of nitrogens with two attached hydrogens (primary N) is 1. The van der Waals surface area contributed by atoms with Gasteiger partial charge in [0.05, 0.1) is 11.5 Å². The lowest BCUT2D eigenvalue weighted by atomic mass is 10.2. The van der Waals surface area contributed by atoms with Crippen LogP contribution in [0.4, 0.5) is 17.1 Å². The van der Waals surface area contributed by atoms with Gasteiger partial charge >= 0.3 is 5.97 Å². The molecule has 17 heavy (non-hydrogen) atoms. The van der Waals surface area contributed by atoms with E-state index in [4.69, 9.17) is 10.5 Å². The van der Waals surface area contributed by atoms with Gasteiger partial charge in [0.25, 0.3) is 5.69 Å². The summed E-state index contributed by atoms with van der Waals surface area (Å²) in [5, 5.41) is 13.3. The fourth-order valence-corrected chi connectivity index (χ4v) is 1.23. The van der Waals surface area contributed by atoms with Crippen molar-refractivity contribution in [3.63, 3.8) is 0 Å². The summed E-state index contributed by atoms with van der Waals surface area (Å²) in [6, 6.07) is 4.05. The molecule has 0 aliphatic rings. The summed E-state index contributed by atoms with van der Waals surface area (Å²) < 4.78 is 4.70. The maximum absolute atomic E-state index is 11.1. The average Bonchev–Trinajstić information content (AvgIpc) is 2.26. The van der Waals surface area contributed by atoms with E-state index in [9.17, 15) is 14.9 Å². The summed E-state index contributed by atoms with van der Waals surface area (Å²) in [6.45, 7) is 1.93. The molecule has 0 fully saturated rings. The first-order valence-electron chi connectivity index (χ1n) is 4.97. The van der Waals surface area contributed by atoms with Crippen molar-refractivity contribution in [3.05, 3.63) is 28.3 Å². The molecule has 0 saturated carbocycles. The van der Waals surface area contributed by atoms with Gasteiger partial charge in [0.1, 0.15) is 6.54 Å². The SMILES string of the molecule is CCOC(=O)CNc1cc(N)cc([N+](=O)[O-])c1. The number of hydrogen-bond acceptors (Lipinski definition) is 6. The number of rotatable bonds is 5. The van der Waals surface area contributed by atoms with Crippen LogP contribution in [0.2, 0.25) is 0 Å². The number of nitrogens with one attached hydrogen (secondary N) is 1. The number of benzene rings is 1. The Kier molecular flexibility index (Phi) is 4.27. The molecule has 0 atom stereocenters. The highest BCUT2D eigenvalue weighted by Gasteiger charge is 2.09. The molecule has 1 rings (SSSR count). The number of nitrogen functional groups attached to an aromatic ring is 1. The number of nitrogens with zero attached hydrogens (tertiary/aromatic N) is 1. The van der Waals surface area contributed by atoms with E-state index in [0.29, 0.717) is 5.69 Å². The molecular weight excluding hydrogens is 226 g/mol. The zero-order valence-corrected chi connectivity index (χ0v) is 9.30. The van der Waals surface area contributed by atoms with Crippen LogP contribution in [0.3, 0.4) is 0 Å². The van der Waals surface area contributed by atoms with Crippen molar-refractivity contribution in [1.82, 2.24) is 0 Å². The molecule has 1 aromatic rings. The Bertz CT molecular complexity index is 434. The second-order valence-corrected chi connectivity index (χ2v) is 3.23. The van der Waals surface area contributed by atoms with E-state index < -0.39 is 10.9 Å². The lowest BCUT2D eigenvalue weighted by Crippen LogP contribution is -2.16. The standard InChI is InChI=1S/C10H13N3O4/c1-2-17-10(14)6-12-8-3-7(11)4-9(5-8)13(15)16/h3-5,12H,2,6,11H2,1H3. The molecule has 0 aromatic heterocycles. The summed E-state index contributed by atoms with van der Waals surface area (Å²) in [5.41, 5.74) is 6.04. The van der Waals surface area contributed by atoms with Gasteiger partial charge in [-0.15, -0.1) is 0 Å². The number of esters is 1. The first kappa shape index (κ1) is 12.8. The summed E-state index contributed by atoms with van der Waals surface area (Å²) in [7, 11) is 0. The third kappa shape index (κ3) is 3.98. The van der Waals surface area contributed by atoms with Crippen LogP contribution in [0.1, 0.15) is 6.92 Å². The van der Waals surface area contributed by atoms with Crippen molar-refractivity contribution in [1.29, 1.82) is 0 Å². The Morgan fingerprint density at radius 3 is 2.82 bits per heavy atom. The minimum Gasteiger partial charge on any atom is -0.465 e. The topological polar surface area (TPSA) is 107 Å². The zero-order valence-electron chi connectivity index (χ0n) is 9.30. The summed E-state index contributed by atoms with van der Waals surface area (Å²) in [4.78, 5) is 21.1. The molecule has 0 amide bonds. The van der Waals surface area contributed by atoms with Gasteiger partial charge in [-0.05, 0) is 13.0 Å². The van der Waals surface area contributed by atoms with E-state index in [1.165, 1.54) is 18.2 Å². The minimum atomic E-state index is -0.550. The average molecular weight is 239 g/mol. The van der Waals surface area contributed by atoms with Gasteiger partial charge in [-0.1, -0.05) is 0 Å². The first-order chi connectivity index (χ1) is 8.02. The predicted octanol–water partition coefficient (Wildman–Crippen LogP) is 1.15. The number of anilines is 2. The van der Waals surface area contributed by atoms with Crippen molar-refractivity contribution >= 4 is 23.0 Å². The molecule has 0 radical (unpaired) electrons. The number of ether oxygens (including phenoxy) is 1. The van der Waals surface area contributed by atoms with Crippen LogP contribution in [-0.4, -0.2) is 24.0 Å². The van der Waals surface area contributed by atoms with Crippen molar-refractivity contribution in [3.8, 4) is 0 Å². The Morgan fingerprint density at radius 2 is 2.24 bits per heavy atom. The molecule has 7 nitrogen and oxygen atoms in total. The lowest BCUT2D eigenvalue weighted by molar-refractivity contribution is -0.384. The number of nitro groups is 1. The fraction of sp³-hybridized carbons (Fsp3) is 0.300. The molecule has 0 unspecified atom stereocenters. The van der Waals surface area contributed by atoms with E-state index >= 15 is 0 Å². The van der Waals surface area contributed by atoms with Crippen LogP contribution in [0.15, 0.2) is 18.2 Å². The van der Waals surface area contributed by atoms with Gasteiger partial charge in [0.2, 0.25) is 0 Å². The van der Waals surface area contributed by atoms with Crippen LogP contribution < -0.4 is 11.1 Å². The molecule has 92 valence electrons. The monoisotopic (exact) mass is 239 g/mol. The Labute approximate surface area is 97.7 Å². The third-order valence-electron chi connectivity index (χ3n) is 1.89. The molecule has 0 aliphatic heterocycles. The van der Waals surface area contributed by atoms with Gasteiger partial charge in [-0.3, -0.25) is 14.9 Å². The largest absolute Gasteiger partial charge is 0.465 e. The highest BCUT2D eigenvalue weighted by Crippen LogP contribution is 2.21. The number of nitro benzene ring substituents is 1. The van der Waals surface area contributed by atoms with E-state index in [2.05, 4.69) is 5.32 Å². The molecular formula is C10H13N3O4. The molecule has 3 N–H and O–H groups in total. The van der Waals surface area contributed by atoms with Crippen LogP contribution in [0.5, 0.6) is 0 Å². The molecule has 0 aliphatic carbocycles. The van der Waals surface area contributed by atoms with Crippen molar-refractivity contribution < 1.29 is 14.5 Å². The van der Waals surface area contributed by atoms with Crippen molar-refractivity contribution in [2.45, 2.75) is 6.92 Å². The molecule has 0 saturated heterocycles. The second-order valence-electron chi connectivity index (χ2n) is 3.23. The normalized spacial score (nSPS) is 9.71. The van der Waals surface area contributed by atoms with E-state index in [-0.39, 0.29) is 24.5 Å². The van der Waals surface area contributed by atoms with Crippen LogP contribution in [0, 0.1) is 10.1 Å². The summed E-state index contributed by atoms with van der Waals surface area (Å²) in [5.74, 6) is -0.433. The maximum Gasteiger partial charge on any atom is 0.325 e. The van der Waals surface area contributed by atoms with Crippen LogP contribution in [0.25, 0.3) is 0 Å². The van der Waals surface area contributed by atoms with Gasteiger partial charge in [0.15, 0.2) is 0 Å². The Hall–Kier alpha value is -2.31. The smallest absolute Gasteiger partial charge is 0.325 e. The first-order valence-corrected chi connectivity index (χ1v) is 4.97. The molecule has 0 bridgehead atoms. The van der Waals surface area contributed by atoms with E-state index in [1.807, 2.05) is 0 Å². The van der Waals surface area contributed by atoms with Gasteiger partial charge in [0, 0.05) is 23.5 Å². The number of carbonyl (C=O) groups is 1. The molecule has 7 heteroatoms. The second kappa shape index (κ2) is 5.69. The molecule has 1 aromatic carbocycles. The van der Waals surface area contributed by atoms with Gasteiger partial charge in [-0.25, -0.2) is 0 Å². The van der Waals surface area contributed by atoms with Crippen molar-refractivity contribution in [2.24, 2.45) is 0 Å². The highest BCUT2D eigenvalue weighted by atomic mass is 16.6. The van der Waals surface area contributed by atoms with Crippen molar-refractivity contribution in [2.75, 3.05) is 24.2 Å². The molecule has 0 heterocycles. The maximum atomic E-state index is 11.1. The van der Waals surface area contributed by atoms with E-state index in [0.717, 1.165) is 0 Å². The Balaban J connectivity index is 2.71. The van der Waals surface area contributed by atoms with E-state index in [1.54, 1.807) is 6.92 Å². The number of hydrogen-bond donors (Lipinski definition) is 2. The third-order valence-corrected chi connectivity index (χ3v) is 1.89. The lowest BCUT2D eigenvalue weighted by Gasteiger charge is -2.06. The fourth-order valence-electron chi connectivity index (χ4n) is 1.23. The predicted molar refractivity (Wildman–Crippen MR) is 62.6 cm³/mol. The summed E-state index contributed by atoms with van der Waals surface area (Å²) in [6.07, 6.45) is 0. The molecule has 0 spiro atoms. The quantitative estimate of drug-likeness (QED) is 0.345. The zero-order chi connectivity index (χ0) is 12.8. The highest BCUT2D eigenvalue weighted by molar-refractivity contribution is 5.75. The van der Waals surface area contributed by atoms with Crippen LogP contribution >= 0.6 is 0 Å². The van der Waals surface area contributed by atoms with Gasteiger partial charge < -0.3 is 15.8 Å². The Morgan fingerprint density at radius 1 is 1.53 bits per heavy atom. The minimum absolute atomic E-state index is 0.0611. The number of non-ortho nitro benzene ring substituents is 1. The van der Waals surface area contributed by atoms with Gasteiger partial charge in [-0.2, -0.15) is 0 Å². The summed E-state index contributed by atoms with van der Waals surface area (Å²) >= 11 is 0. The number of carbonyl (C=O) groups excluding carboxylic acids is 1. The van der Waals surface area contributed by atoms with Crippen LogP contribution in [-0.2, 0) is 9.53 Å².